The molecule has 0 aromatic heterocycles. The number of carbonyl (C=O) groups excluding carboxylic acids is 1. The first-order chi connectivity index (χ1) is 10.4. The minimum Gasteiger partial charge on any atom is -0.346 e. The van der Waals surface area contributed by atoms with Crippen LogP contribution in [0.3, 0.4) is 0 Å². The highest BCUT2D eigenvalue weighted by Crippen LogP contribution is 2.33. The Hall–Kier alpha value is -2.17. The molecular formula is C17H22N2O3. The fourth-order valence-electron chi connectivity index (χ4n) is 3.20. The van der Waals surface area contributed by atoms with Crippen LogP contribution in [0.2, 0.25) is 0 Å². The molecule has 0 bridgehead atoms. The van der Waals surface area contributed by atoms with E-state index >= 15 is 0 Å². The van der Waals surface area contributed by atoms with Crippen LogP contribution < -0.4 is 5.32 Å². The normalized spacial score (nSPS) is 16.8. The van der Waals surface area contributed by atoms with Gasteiger partial charge in [-0.15, -0.1) is 6.58 Å². The van der Waals surface area contributed by atoms with Crippen molar-refractivity contribution in [3.8, 4) is 0 Å². The third-order valence-electron chi connectivity index (χ3n) is 4.17. The van der Waals surface area contributed by atoms with E-state index in [-0.39, 0.29) is 17.1 Å². The molecule has 1 N–H and O–H groups in total. The van der Waals surface area contributed by atoms with Crippen molar-refractivity contribution in [2.45, 2.75) is 51.0 Å². The minimum atomic E-state index is -0.467. The number of amides is 1. The predicted octanol–water partition coefficient (Wildman–Crippen LogP) is 3.99. The molecule has 0 aliphatic heterocycles. The molecular weight excluding hydrogens is 280 g/mol. The molecule has 1 aliphatic rings. The molecule has 0 spiro atoms. The third kappa shape index (κ3) is 3.93. The molecule has 0 heterocycles. The van der Waals surface area contributed by atoms with Gasteiger partial charge >= 0.3 is 0 Å². The highest BCUT2D eigenvalue weighted by Gasteiger charge is 2.33. The van der Waals surface area contributed by atoms with E-state index in [2.05, 4.69) is 11.9 Å². The monoisotopic (exact) mass is 302 g/mol. The zero-order valence-corrected chi connectivity index (χ0v) is 12.9. The second-order valence-corrected chi connectivity index (χ2v) is 6.23. The van der Waals surface area contributed by atoms with Crippen LogP contribution in [0.15, 0.2) is 36.4 Å². The van der Waals surface area contributed by atoms with E-state index in [0.717, 1.165) is 37.7 Å². The van der Waals surface area contributed by atoms with Gasteiger partial charge in [0.15, 0.2) is 0 Å². The molecule has 1 saturated carbocycles. The number of hydrogen-bond donors (Lipinski definition) is 1. The first-order valence-electron chi connectivity index (χ1n) is 7.63. The summed E-state index contributed by atoms with van der Waals surface area (Å²) in [6, 6.07) is 5.73. The first kappa shape index (κ1) is 16.2. The molecule has 1 aromatic rings. The number of nitrogens with zero attached hydrogens (tertiary/aromatic N) is 1. The van der Waals surface area contributed by atoms with Crippen LogP contribution in [0.1, 0.15) is 55.8 Å². The van der Waals surface area contributed by atoms with Gasteiger partial charge in [0.05, 0.1) is 4.92 Å². The van der Waals surface area contributed by atoms with Crippen molar-refractivity contribution in [2.75, 3.05) is 0 Å². The van der Waals surface area contributed by atoms with E-state index in [1.807, 2.05) is 6.92 Å². The molecule has 5 nitrogen and oxygen atoms in total. The van der Waals surface area contributed by atoms with E-state index in [4.69, 9.17) is 0 Å². The van der Waals surface area contributed by atoms with Crippen LogP contribution in [0.25, 0.3) is 0 Å². The first-order valence-corrected chi connectivity index (χ1v) is 7.63. The summed E-state index contributed by atoms with van der Waals surface area (Å²) in [5.41, 5.74) is 1.29. The fourth-order valence-corrected chi connectivity index (χ4v) is 3.20. The summed E-state index contributed by atoms with van der Waals surface area (Å²) < 4.78 is 0. The summed E-state index contributed by atoms with van der Waals surface area (Å²) in [6.45, 7) is 5.96. The van der Waals surface area contributed by atoms with Crippen LogP contribution in [0.4, 0.5) is 5.69 Å². The molecule has 118 valence electrons. The Morgan fingerprint density at radius 2 is 1.86 bits per heavy atom. The molecule has 1 aromatic carbocycles. The van der Waals surface area contributed by atoms with Gasteiger partial charge in [-0.25, -0.2) is 0 Å². The number of nitro groups is 1. The Morgan fingerprint density at radius 1 is 1.27 bits per heavy atom. The van der Waals surface area contributed by atoms with Crippen molar-refractivity contribution in [3.63, 3.8) is 0 Å². The average Bonchev–Trinajstić information content (AvgIpc) is 2.47. The molecule has 0 saturated heterocycles. The van der Waals surface area contributed by atoms with Gasteiger partial charge in [-0.2, -0.15) is 0 Å². The van der Waals surface area contributed by atoms with Crippen LogP contribution >= 0.6 is 0 Å². The van der Waals surface area contributed by atoms with Gasteiger partial charge in [0.2, 0.25) is 0 Å². The molecule has 2 rings (SSSR count). The number of rotatable bonds is 5. The summed E-state index contributed by atoms with van der Waals surface area (Å²) in [7, 11) is 0. The lowest BCUT2D eigenvalue weighted by Gasteiger charge is -2.38. The van der Waals surface area contributed by atoms with Crippen LogP contribution in [-0.4, -0.2) is 16.4 Å². The Labute approximate surface area is 130 Å². The highest BCUT2D eigenvalue weighted by atomic mass is 16.6. The van der Waals surface area contributed by atoms with Gasteiger partial charge in [0.1, 0.15) is 0 Å². The van der Waals surface area contributed by atoms with Crippen molar-refractivity contribution in [2.24, 2.45) is 0 Å². The second-order valence-electron chi connectivity index (χ2n) is 6.23. The maximum absolute atomic E-state index is 12.5. The smallest absolute Gasteiger partial charge is 0.269 e. The second kappa shape index (κ2) is 6.73. The minimum absolute atomic E-state index is 0.00846. The van der Waals surface area contributed by atoms with E-state index in [0.29, 0.717) is 5.56 Å². The number of nitrogens with one attached hydrogen (secondary N) is 1. The SMILES string of the molecule is C=C(C)CC1(NC(=O)c2ccc([N+](=O)[O-])cc2)CCCCC1. The molecule has 22 heavy (non-hydrogen) atoms. The Kier molecular flexibility index (Phi) is 4.96. The topological polar surface area (TPSA) is 72.2 Å². The predicted molar refractivity (Wildman–Crippen MR) is 85.8 cm³/mol. The summed E-state index contributed by atoms with van der Waals surface area (Å²) in [5, 5.41) is 13.8. The number of benzene rings is 1. The lowest BCUT2D eigenvalue weighted by Crippen LogP contribution is -2.49. The lowest BCUT2D eigenvalue weighted by molar-refractivity contribution is -0.384. The zero-order chi connectivity index (χ0) is 16.2. The average molecular weight is 302 g/mol. The fraction of sp³-hybridized carbons (Fsp3) is 0.471. The molecule has 1 fully saturated rings. The zero-order valence-electron chi connectivity index (χ0n) is 12.9. The molecule has 0 unspecified atom stereocenters. The van der Waals surface area contributed by atoms with Crippen molar-refractivity contribution < 1.29 is 9.72 Å². The number of nitro benzene ring substituents is 1. The number of non-ortho nitro benzene ring substituents is 1. The third-order valence-corrected chi connectivity index (χ3v) is 4.17. The summed E-state index contributed by atoms with van der Waals surface area (Å²) in [4.78, 5) is 22.7. The number of hydrogen-bond acceptors (Lipinski definition) is 3. The van der Waals surface area contributed by atoms with Gasteiger partial charge in [-0.1, -0.05) is 24.8 Å². The van der Waals surface area contributed by atoms with Gasteiger partial charge in [-0.05, 0) is 38.3 Å². The maximum Gasteiger partial charge on any atom is 0.269 e. The molecule has 0 radical (unpaired) electrons. The standard InChI is InChI=1S/C17H22N2O3/c1-13(2)12-17(10-4-3-5-11-17)18-16(20)14-6-8-15(9-7-14)19(21)22/h6-9H,1,3-5,10-12H2,2H3,(H,18,20). The van der Waals surface area contributed by atoms with Crippen LogP contribution in [0, 0.1) is 10.1 Å². The Bertz CT molecular complexity index is 572. The Morgan fingerprint density at radius 3 is 2.36 bits per heavy atom. The van der Waals surface area contributed by atoms with Crippen molar-refractivity contribution in [1.29, 1.82) is 0 Å². The highest BCUT2D eigenvalue weighted by molar-refractivity contribution is 5.94. The van der Waals surface area contributed by atoms with E-state index < -0.39 is 4.92 Å². The summed E-state index contributed by atoms with van der Waals surface area (Å²) in [6.07, 6.45) is 6.11. The van der Waals surface area contributed by atoms with E-state index in [9.17, 15) is 14.9 Å². The molecule has 1 aliphatic carbocycles. The summed E-state index contributed by atoms with van der Waals surface area (Å²) in [5.74, 6) is -0.168. The number of carbonyl (C=O) groups is 1. The van der Waals surface area contributed by atoms with Gasteiger partial charge in [-0.3, -0.25) is 14.9 Å². The van der Waals surface area contributed by atoms with Crippen LogP contribution in [-0.2, 0) is 0 Å². The van der Waals surface area contributed by atoms with Gasteiger partial charge in [0.25, 0.3) is 11.6 Å². The summed E-state index contributed by atoms with van der Waals surface area (Å²) >= 11 is 0. The Balaban J connectivity index is 2.13. The molecule has 0 atom stereocenters. The van der Waals surface area contributed by atoms with Crippen molar-refractivity contribution in [3.05, 3.63) is 52.1 Å². The quantitative estimate of drug-likeness (QED) is 0.507. The molecule has 1 amide bonds. The molecule has 5 heteroatoms. The van der Waals surface area contributed by atoms with E-state index in [1.165, 1.54) is 30.7 Å². The largest absolute Gasteiger partial charge is 0.346 e. The van der Waals surface area contributed by atoms with Gasteiger partial charge < -0.3 is 5.32 Å². The van der Waals surface area contributed by atoms with Gasteiger partial charge in [0, 0.05) is 23.2 Å². The maximum atomic E-state index is 12.5. The van der Waals surface area contributed by atoms with E-state index in [1.54, 1.807) is 0 Å². The van der Waals surface area contributed by atoms with Crippen molar-refractivity contribution in [1.82, 2.24) is 5.32 Å². The van der Waals surface area contributed by atoms with Crippen LogP contribution in [0.5, 0.6) is 0 Å². The lowest BCUT2D eigenvalue weighted by atomic mass is 9.77. The van der Waals surface area contributed by atoms with Crippen molar-refractivity contribution >= 4 is 11.6 Å².